The summed E-state index contributed by atoms with van der Waals surface area (Å²) in [5.74, 6) is 1.27. The van der Waals surface area contributed by atoms with Gasteiger partial charge >= 0.3 is 0 Å². The van der Waals surface area contributed by atoms with E-state index in [2.05, 4.69) is 9.97 Å². The second-order valence-corrected chi connectivity index (χ2v) is 8.80. The molecule has 0 saturated heterocycles. The fraction of sp³-hybridized carbons (Fsp3) is 0.227. The lowest BCUT2D eigenvalue weighted by Crippen LogP contribution is -2.00. The SMILES string of the molecule is CCS(=O)c1cccc(-c2ccc(OCCCO)c3[nH]c4ncc(Cl)cc4c23)c1. The van der Waals surface area contributed by atoms with Crippen LogP contribution in [0.2, 0.25) is 5.02 Å². The lowest BCUT2D eigenvalue weighted by atomic mass is 9.99. The van der Waals surface area contributed by atoms with Crippen LogP contribution < -0.4 is 4.74 Å². The van der Waals surface area contributed by atoms with Crippen LogP contribution in [0.4, 0.5) is 0 Å². The first kappa shape index (κ1) is 19.9. The smallest absolute Gasteiger partial charge is 0.143 e. The molecule has 0 aliphatic rings. The first-order valence-electron chi connectivity index (χ1n) is 9.44. The van der Waals surface area contributed by atoms with Gasteiger partial charge in [0.15, 0.2) is 0 Å². The molecule has 150 valence electrons. The number of hydrogen-bond acceptors (Lipinski definition) is 4. The van der Waals surface area contributed by atoms with Gasteiger partial charge in [0.25, 0.3) is 0 Å². The molecule has 0 fully saturated rings. The third-order valence-electron chi connectivity index (χ3n) is 4.76. The van der Waals surface area contributed by atoms with Crippen molar-refractivity contribution in [1.82, 2.24) is 9.97 Å². The molecule has 0 saturated carbocycles. The van der Waals surface area contributed by atoms with Crippen molar-refractivity contribution in [2.75, 3.05) is 19.0 Å². The van der Waals surface area contributed by atoms with Gasteiger partial charge in [-0.15, -0.1) is 0 Å². The fourth-order valence-electron chi connectivity index (χ4n) is 3.41. The van der Waals surface area contributed by atoms with Gasteiger partial charge in [-0.05, 0) is 41.5 Å². The van der Waals surface area contributed by atoms with Crippen LogP contribution in [0.1, 0.15) is 13.3 Å². The largest absolute Gasteiger partial charge is 0.491 e. The predicted molar refractivity (Wildman–Crippen MR) is 118 cm³/mol. The van der Waals surface area contributed by atoms with Crippen molar-refractivity contribution in [3.63, 3.8) is 0 Å². The van der Waals surface area contributed by atoms with Gasteiger partial charge in [0.2, 0.25) is 0 Å². The average Bonchev–Trinajstić information content (AvgIpc) is 3.12. The van der Waals surface area contributed by atoms with E-state index in [0.717, 1.165) is 38.0 Å². The number of aliphatic hydroxyl groups is 1. The fourth-order valence-corrected chi connectivity index (χ4v) is 4.39. The minimum atomic E-state index is -1.03. The molecule has 2 aromatic heterocycles. The van der Waals surface area contributed by atoms with Crippen LogP contribution in [0.5, 0.6) is 5.75 Å². The Labute approximate surface area is 176 Å². The van der Waals surface area contributed by atoms with E-state index in [-0.39, 0.29) is 6.61 Å². The van der Waals surface area contributed by atoms with Crippen LogP contribution >= 0.6 is 11.6 Å². The van der Waals surface area contributed by atoms with E-state index < -0.39 is 10.8 Å². The van der Waals surface area contributed by atoms with Crippen molar-refractivity contribution in [3.8, 4) is 16.9 Å². The number of pyridine rings is 1. The topological polar surface area (TPSA) is 75.2 Å². The van der Waals surface area contributed by atoms with Crippen LogP contribution in [0.15, 0.2) is 53.6 Å². The molecule has 4 rings (SSSR count). The van der Waals surface area contributed by atoms with Gasteiger partial charge in [0.1, 0.15) is 11.4 Å². The first-order chi connectivity index (χ1) is 14.1. The number of aromatic nitrogens is 2. The van der Waals surface area contributed by atoms with Crippen LogP contribution in [0, 0.1) is 0 Å². The van der Waals surface area contributed by atoms with Crippen molar-refractivity contribution >= 4 is 44.3 Å². The number of fused-ring (bicyclic) bond motifs is 3. The molecule has 0 aliphatic heterocycles. The zero-order valence-corrected chi connectivity index (χ0v) is 17.5. The summed E-state index contributed by atoms with van der Waals surface area (Å²) in [5.41, 5.74) is 3.50. The van der Waals surface area contributed by atoms with Gasteiger partial charge in [-0.2, -0.15) is 0 Å². The third kappa shape index (κ3) is 3.88. The van der Waals surface area contributed by atoms with Gasteiger partial charge in [-0.25, -0.2) is 4.98 Å². The highest BCUT2D eigenvalue weighted by Gasteiger charge is 2.16. The summed E-state index contributed by atoms with van der Waals surface area (Å²) in [7, 11) is -1.03. The number of ether oxygens (including phenoxy) is 1. The molecule has 7 heteroatoms. The van der Waals surface area contributed by atoms with E-state index in [1.807, 2.05) is 49.4 Å². The summed E-state index contributed by atoms with van der Waals surface area (Å²) in [5, 5.41) is 11.5. The van der Waals surface area contributed by atoms with Gasteiger partial charge < -0.3 is 14.8 Å². The number of nitrogens with zero attached hydrogens (tertiary/aromatic N) is 1. The van der Waals surface area contributed by atoms with E-state index in [1.165, 1.54) is 0 Å². The zero-order valence-electron chi connectivity index (χ0n) is 15.9. The number of H-pyrrole nitrogens is 1. The van der Waals surface area contributed by atoms with E-state index in [0.29, 0.717) is 29.6 Å². The number of halogens is 1. The highest BCUT2D eigenvalue weighted by molar-refractivity contribution is 7.85. The molecule has 29 heavy (non-hydrogen) atoms. The summed E-state index contributed by atoms with van der Waals surface area (Å²) >= 11 is 6.23. The lowest BCUT2D eigenvalue weighted by Gasteiger charge is -2.11. The Morgan fingerprint density at radius 2 is 2.10 bits per heavy atom. The summed E-state index contributed by atoms with van der Waals surface area (Å²) < 4.78 is 18.2. The highest BCUT2D eigenvalue weighted by Crippen LogP contribution is 2.39. The normalized spacial score (nSPS) is 12.5. The van der Waals surface area contributed by atoms with Crippen molar-refractivity contribution in [2.24, 2.45) is 0 Å². The van der Waals surface area contributed by atoms with Gasteiger partial charge in [0.05, 0.1) is 27.9 Å². The molecular formula is C22H21ClN2O3S. The van der Waals surface area contributed by atoms with Gasteiger partial charge in [-0.3, -0.25) is 4.21 Å². The maximum absolute atomic E-state index is 12.3. The maximum Gasteiger partial charge on any atom is 0.143 e. The number of aromatic amines is 1. The Kier molecular flexibility index (Phi) is 5.85. The average molecular weight is 429 g/mol. The van der Waals surface area contributed by atoms with E-state index in [4.69, 9.17) is 21.4 Å². The monoisotopic (exact) mass is 428 g/mol. The molecule has 0 amide bonds. The highest BCUT2D eigenvalue weighted by atomic mass is 35.5. The molecule has 0 spiro atoms. The Balaban J connectivity index is 1.95. The number of benzene rings is 2. The van der Waals surface area contributed by atoms with Crippen molar-refractivity contribution < 1.29 is 14.1 Å². The van der Waals surface area contributed by atoms with Gasteiger partial charge in [-0.1, -0.05) is 30.7 Å². The Hall–Kier alpha value is -2.41. The first-order valence-corrected chi connectivity index (χ1v) is 11.1. The third-order valence-corrected chi connectivity index (χ3v) is 6.28. The Bertz CT molecular complexity index is 1210. The summed E-state index contributed by atoms with van der Waals surface area (Å²) in [6.45, 7) is 2.40. The van der Waals surface area contributed by atoms with Crippen molar-refractivity contribution in [1.29, 1.82) is 0 Å². The number of aliphatic hydroxyl groups excluding tert-OH is 1. The van der Waals surface area contributed by atoms with Crippen LogP contribution in [0.25, 0.3) is 33.1 Å². The number of nitrogens with one attached hydrogen (secondary N) is 1. The minimum Gasteiger partial charge on any atom is -0.491 e. The molecule has 1 unspecified atom stereocenters. The van der Waals surface area contributed by atoms with Crippen LogP contribution in [0.3, 0.4) is 0 Å². The van der Waals surface area contributed by atoms with Crippen molar-refractivity contribution in [3.05, 3.63) is 53.7 Å². The number of rotatable bonds is 7. The quantitative estimate of drug-likeness (QED) is 0.409. The second kappa shape index (κ2) is 8.53. The maximum atomic E-state index is 12.3. The molecule has 4 aromatic rings. The van der Waals surface area contributed by atoms with Crippen LogP contribution in [-0.2, 0) is 10.8 Å². The molecule has 0 radical (unpaired) electrons. The summed E-state index contributed by atoms with van der Waals surface area (Å²) in [6.07, 6.45) is 2.16. The standard InChI is InChI=1S/C22H21ClN2O3S/c1-2-29(27)16-6-3-5-14(11-16)17-7-8-19(28-10-4-9-26)21-20(17)18-12-15(23)13-24-22(18)25-21/h3,5-8,11-13,26H,2,4,9-10H2,1H3,(H,24,25). The number of hydrogen-bond donors (Lipinski definition) is 2. The van der Waals surface area contributed by atoms with E-state index in [9.17, 15) is 4.21 Å². The molecule has 2 aromatic carbocycles. The van der Waals surface area contributed by atoms with E-state index in [1.54, 1.807) is 6.20 Å². The molecule has 1 atom stereocenters. The lowest BCUT2D eigenvalue weighted by molar-refractivity contribution is 0.234. The second-order valence-electron chi connectivity index (χ2n) is 6.62. The summed E-state index contributed by atoms with van der Waals surface area (Å²) in [6, 6.07) is 13.6. The molecule has 0 bridgehead atoms. The molecule has 5 nitrogen and oxygen atoms in total. The molecule has 0 aliphatic carbocycles. The Morgan fingerprint density at radius 1 is 1.24 bits per heavy atom. The minimum absolute atomic E-state index is 0.0758. The predicted octanol–water partition coefficient (Wildman–Crippen LogP) is 4.93. The molecular weight excluding hydrogens is 408 g/mol. The van der Waals surface area contributed by atoms with Crippen molar-refractivity contribution in [2.45, 2.75) is 18.2 Å². The summed E-state index contributed by atoms with van der Waals surface area (Å²) in [4.78, 5) is 8.56. The Morgan fingerprint density at radius 3 is 2.90 bits per heavy atom. The van der Waals surface area contributed by atoms with Crippen LogP contribution in [-0.4, -0.2) is 38.3 Å². The molecule has 2 heterocycles. The molecule has 2 N–H and O–H groups in total. The zero-order chi connectivity index (χ0) is 20.4. The van der Waals surface area contributed by atoms with E-state index >= 15 is 0 Å². The van der Waals surface area contributed by atoms with Gasteiger partial charge in [0, 0.05) is 40.6 Å².